The van der Waals surface area contributed by atoms with Gasteiger partial charge >= 0.3 is 0 Å². The van der Waals surface area contributed by atoms with Crippen LogP contribution in [-0.4, -0.2) is 58.9 Å². The van der Waals surface area contributed by atoms with E-state index in [1.165, 1.54) is 0 Å². The summed E-state index contributed by atoms with van der Waals surface area (Å²) in [5, 5.41) is 3.18. The summed E-state index contributed by atoms with van der Waals surface area (Å²) in [6.45, 7) is 3.66. The second kappa shape index (κ2) is 10.2. The molecule has 0 aromatic heterocycles. The van der Waals surface area contributed by atoms with Crippen molar-refractivity contribution < 1.29 is 13.2 Å². The van der Waals surface area contributed by atoms with E-state index in [0.717, 1.165) is 30.6 Å². The number of para-hydroxylation sites is 1. The number of hydrogen-bond donors (Lipinski definition) is 1. The van der Waals surface area contributed by atoms with Gasteiger partial charge in [0.1, 0.15) is 0 Å². The largest absolute Gasteiger partial charge is 0.376 e. The molecule has 0 radical (unpaired) electrons. The Labute approximate surface area is 185 Å². The first kappa shape index (κ1) is 23.1. The smallest absolute Gasteiger partial charge is 0.246 e. The van der Waals surface area contributed by atoms with E-state index in [4.69, 9.17) is 0 Å². The lowest BCUT2D eigenvalue weighted by Gasteiger charge is -2.27. The number of anilines is 3. The SMILES string of the molecule is CCN(C(=O)CNc1cc(S(=O)(=O)N2CCCCC2)ccc1N(C)C)c1ccccc1. The van der Waals surface area contributed by atoms with Crippen LogP contribution >= 0.6 is 0 Å². The van der Waals surface area contributed by atoms with E-state index >= 15 is 0 Å². The number of carbonyl (C=O) groups is 1. The van der Waals surface area contributed by atoms with E-state index in [2.05, 4.69) is 5.32 Å². The van der Waals surface area contributed by atoms with Gasteiger partial charge in [0.05, 0.1) is 22.8 Å². The normalized spacial score (nSPS) is 14.8. The highest BCUT2D eigenvalue weighted by atomic mass is 32.2. The van der Waals surface area contributed by atoms with Crippen molar-refractivity contribution in [1.29, 1.82) is 0 Å². The fourth-order valence-corrected chi connectivity index (χ4v) is 5.38. The van der Waals surface area contributed by atoms with E-state index in [9.17, 15) is 13.2 Å². The molecule has 0 aliphatic carbocycles. The van der Waals surface area contributed by atoms with Crippen molar-refractivity contribution in [2.45, 2.75) is 31.1 Å². The third-order valence-corrected chi connectivity index (χ3v) is 7.41. The molecule has 1 aliphatic heterocycles. The van der Waals surface area contributed by atoms with E-state index < -0.39 is 10.0 Å². The number of nitrogens with one attached hydrogen (secondary N) is 1. The molecule has 7 nitrogen and oxygen atoms in total. The van der Waals surface area contributed by atoms with Crippen LogP contribution in [0, 0.1) is 0 Å². The van der Waals surface area contributed by atoms with Crippen LogP contribution in [0.4, 0.5) is 17.1 Å². The summed E-state index contributed by atoms with van der Waals surface area (Å²) in [6, 6.07) is 14.6. The van der Waals surface area contributed by atoms with Crippen molar-refractivity contribution in [2.75, 3.05) is 55.4 Å². The molecule has 3 rings (SSSR count). The fraction of sp³-hybridized carbons (Fsp3) is 0.435. The van der Waals surface area contributed by atoms with Crippen molar-refractivity contribution >= 4 is 33.0 Å². The zero-order valence-electron chi connectivity index (χ0n) is 18.5. The summed E-state index contributed by atoms with van der Waals surface area (Å²) in [6.07, 6.45) is 2.85. The summed E-state index contributed by atoms with van der Waals surface area (Å²) in [4.78, 5) is 16.7. The Balaban J connectivity index is 1.82. The Morgan fingerprint density at radius 1 is 1.03 bits per heavy atom. The molecule has 0 unspecified atom stereocenters. The van der Waals surface area contributed by atoms with Gasteiger partial charge in [0.2, 0.25) is 15.9 Å². The van der Waals surface area contributed by atoms with Gasteiger partial charge in [0.15, 0.2) is 0 Å². The number of amides is 1. The second-order valence-corrected chi connectivity index (χ2v) is 9.80. The monoisotopic (exact) mass is 444 g/mol. The highest BCUT2D eigenvalue weighted by molar-refractivity contribution is 7.89. The zero-order chi connectivity index (χ0) is 22.4. The maximum Gasteiger partial charge on any atom is 0.246 e. The quantitative estimate of drug-likeness (QED) is 0.676. The number of rotatable bonds is 8. The Kier molecular flexibility index (Phi) is 7.56. The summed E-state index contributed by atoms with van der Waals surface area (Å²) in [7, 11) is 0.235. The van der Waals surface area contributed by atoms with Crippen molar-refractivity contribution in [3.8, 4) is 0 Å². The van der Waals surface area contributed by atoms with Gasteiger partial charge in [-0.05, 0) is 50.1 Å². The van der Waals surface area contributed by atoms with Crippen LogP contribution < -0.4 is 15.1 Å². The molecule has 1 saturated heterocycles. The van der Waals surface area contributed by atoms with Crippen LogP contribution in [0.25, 0.3) is 0 Å². The molecular weight excluding hydrogens is 412 g/mol. The van der Waals surface area contributed by atoms with Gasteiger partial charge in [-0.15, -0.1) is 0 Å². The summed E-state index contributed by atoms with van der Waals surface area (Å²) >= 11 is 0. The number of carbonyl (C=O) groups excluding carboxylic acids is 1. The fourth-order valence-electron chi connectivity index (χ4n) is 3.84. The summed E-state index contributed by atoms with van der Waals surface area (Å²) < 4.78 is 27.8. The summed E-state index contributed by atoms with van der Waals surface area (Å²) in [5.74, 6) is -0.0808. The molecule has 1 N–H and O–H groups in total. The van der Waals surface area contributed by atoms with Gasteiger partial charge in [-0.3, -0.25) is 4.79 Å². The third-order valence-electron chi connectivity index (χ3n) is 5.52. The number of hydrogen-bond acceptors (Lipinski definition) is 5. The van der Waals surface area contributed by atoms with Crippen molar-refractivity contribution in [3.63, 3.8) is 0 Å². The Bertz CT molecular complexity index is 987. The van der Waals surface area contributed by atoms with Gasteiger partial charge in [-0.25, -0.2) is 8.42 Å². The topological polar surface area (TPSA) is 73.0 Å². The van der Waals surface area contributed by atoms with Crippen LogP contribution in [0.3, 0.4) is 0 Å². The van der Waals surface area contributed by atoms with Gasteiger partial charge in [0.25, 0.3) is 0 Å². The molecule has 8 heteroatoms. The van der Waals surface area contributed by atoms with Crippen LogP contribution in [0.5, 0.6) is 0 Å². The maximum absolute atomic E-state index is 13.1. The van der Waals surface area contributed by atoms with E-state index in [-0.39, 0.29) is 17.3 Å². The first-order chi connectivity index (χ1) is 14.8. The average molecular weight is 445 g/mol. The van der Waals surface area contributed by atoms with Crippen LogP contribution in [0.1, 0.15) is 26.2 Å². The van der Waals surface area contributed by atoms with Crippen LogP contribution in [0.15, 0.2) is 53.4 Å². The molecular formula is C23H32N4O3S. The third kappa shape index (κ3) is 5.37. The zero-order valence-corrected chi connectivity index (χ0v) is 19.4. The van der Waals surface area contributed by atoms with Crippen molar-refractivity contribution in [1.82, 2.24) is 4.31 Å². The molecule has 168 valence electrons. The molecule has 0 atom stereocenters. The molecule has 2 aromatic rings. The van der Waals surface area contributed by atoms with Gasteiger partial charge < -0.3 is 15.1 Å². The minimum Gasteiger partial charge on any atom is -0.376 e. The molecule has 0 saturated carbocycles. The van der Waals surface area contributed by atoms with Gasteiger partial charge in [0, 0.05) is 39.4 Å². The predicted molar refractivity (Wildman–Crippen MR) is 126 cm³/mol. The first-order valence-corrected chi connectivity index (χ1v) is 12.2. The maximum atomic E-state index is 13.1. The molecule has 31 heavy (non-hydrogen) atoms. The van der Waals surface area contributed by atoms with E-state index in [1.807, 2.05) is 56.3 Å². The predicted octanol–water partition coefficient (Wildman–Crippen LogP) is 3.39. The number of likely N-dealkylation sites (N-methyl/N-ethyl adjacent to an activating group) is 1. The molecule has 2 aromatic carbocycles. The molecule has 1 fully saturated rings. The van der Waals surface area contributed by atoms with Crippen LogP contribution in [0.2, 0.25) is 0 Å². The minimum absolute atomic E-state index is 0.0663. The molecule has 1 amide bonds. The van der Waals surface area contributed by atoms with Gasteiger partial charge in [-0.1, -0.05) is 24.6 Å². The van der Waals surface area contributed by atoms with Crippen molar-refractivity contribution in [2.24, 2.45) is 0 Å². The lowest BCUT2D eigenvalue weighted by atomic mass is 10.2. The highest BCUT2D eigenvalue weighted by Gasteiger charge is 2.27. The highest BCUT2D eigenvalue weighted by Crippen LogP contribution is 2.30. The number of sulfonamides is 1. The van der Waals surface area contributed by atoms with Crippen LogP contribution in [-0.2, 0) is 14.8 Å². The Hall–Kier alpha value is -2.58. The number of piperidine rings is 1. The Morgan fingerprint density at radius 2 is 1.71 bits per heavy atom. The van der Waals surface area contributed by atoms with Crippen molar-refractivity contribution in [3.05, 3.63) is 48.5 Å². The Morgan fingerprint density at radius 3 is 2.32 bits per heavy atom. The first-order valence-electron chi connectivity index (χ1n) is 10.8. The lowest BCUT2D eigenvalue weighted by molar-refractivity contribution is -0.116. The number of benzene rings is 2. The summed E-state index contributed by atoms with van der Waals surface area (Å²) in [5.41, 5.74) is 2.29. The van der Waals surface area contributed by atoms with E-state index in [0.29, 0.717) is 25.3 Å². The molecule has 1 aliphatic rings. The second-order valence-electron chi connectivity index (χ2n) is 7.87. The average Bonchev–Trinajstić information content (AvgIpc) is 2.79. The number of nitrogens with zero attached hydrogens (tertiary/aromatic N) is 3. The van der Waals surface area contributed by atoms with Gasteiger partial charge in [-0.2, -0.15) is 4.31 Å². The van der Waals surface area contributed by atoms with E-state index in [1.54, 1.807) is 27.4 Å². The minimum atomic E-state index is -3.55. The molecule has 0 spiro atoms. The molecule has 0 bridgehead atoms. The molecule has 1 heterocycles. The standard InChI is InChI=1S/C23H32N4O3S/c1-4-27(19-11-7-5-8-12-19)23(28)18-24-21-17-20(13-14-22(21)25(2)3)31(29,30)26-15-9-6-10-16-26/h5,7-8,11-14,17,24H,4,6,9-10,15-16,18H2,1-3H3. The lowest BCUT2D eigenvalue weighted by Crippen LogP contribution is -2.36.